The van der Waals surface area contributed by atoms with Crippen molar-refractivity contribution in [3.8, 4) is 0 Å². The highest BCUT2D eigenvalue weighted by molar-refractivity contribution is 6.30. The SMILES string of the molecule is O=C(O)C(O)C1=c2cc(Cl)ccc2=C2C=CC=CC2O1. The van der Waals surface area contributed by atoms with Gasteiger partial charge in [-0.25, -0.2) is 4.79 Å². The number of aliphatic hydroxyl groups excluding tert-OH is 1. The van der Waals surface area contributed by atoms with Gasteiger partial charge in [0.05, 0.1) is 0 Å². The van der Waals surface area contributed by atoms with Crippen LogP contribution in [0.4, 0.5) is 0 Å². The molecule has 5 heteroatoms. The standard InChI is InChI=1S/C15H11ClO4/c16-8-5-6-9-10-3-1-2-4-12(10)20-14(11(9)7-8)13(17)15(18)19/h1-7,12-13,17H,(H,18,19). The monoisotopic (exact) mass is 290 g/mol. The molecule has 1 aliphatic carbocycles. The van der Waals surface area contributed by atoms with Gasteiger partial charge < -0.3 is 14.9 Å². The van der Waals surface area contributed by atoms with E-state index in [0.717, 1.165) is 10.8 Å². The molecule has 4 nitrogen and oxygen atoms in total. The van der Waals surface area contributed by atoms with E-state index in [1.165, 1.54) is 0 Å². The van der Waals surface area contributed by atoms with Gasteiger partial charge in [-0.2, -0.15) is 0 Å². The number of rotatable bonds is 2. The summed E-state index contributed by atoms with van der Waals surface area (Å²) in [7, 11) is 0. The van der Waals surface area contributed by atoms with Crippen molar-refractivity contribution >= 4 is 28.9 Å². The molecule has 3 rings (SSSR count). The molecule has 0 saturated heterocycles. The van der Waals surface area contributed by atoms with Crippen molar-refractivity contribution in [3.63, 3.8) is 0 Å². The number of allylic oxidation sites excluding steroid dienone is 2. The molecule has 20 heavy (non-hydrogen) atoms. The smallest absolute Gasteiger partial charge is 0.340 e. The maximum Gasteiger partial charge on any atom is 0.340 e. The van der Waals surface area contributed by atoms with E-state index in [-0.39, 0.29) is 5.76 Å². The summed E-state index contributed by atoms with van der Waals surface area (Å²) in [4.78, 5) is 11.0. The largest absolute Gasteiger partial charge is 0.482 e. The van der Waals surface area contributed by atoms with Crippen molar-refractivity contribution in [1.29, 1.82) is 0 Å². The fourth-order valence-corrected chi connectivity index (χ4v) is 2.54. The Bertz CT molecular complexity index is 761. The third-order valence-electron chi connectivity index (χ3n) is 3.27. The third kappa shape index (κ3) is 2.03. The first-order valence-electron chi connectivity index (χ1n) is 6.04. The van der Waals surface area contributed by atoms with Crippen molar-refractivity contribution in [2.75, 3.05) is 0 Å². The lowest BCUT2D eigenvalue weighted by Crippen LogP contribution is -2.43. The minimum atomic E-state index is -1.71. The minimum absolute atomic E-state index is 0.0173. The van der Waals surface area contributed by atoms with Gasteiger partial charge >= 0.3 is 5.97 Å². The molecule has 0 aromatic heterocycles. The Morgan fingerprint density at radius 3 is 2.85 bits per heavy atom. The van der Waals surface area contributed by atoms with Crippen molar-refractivity contribution in [2.24, 2.45) is 0 Å². The van der Waals surface area contributed by atoms with Gasteiger partial charge in [-0.05, 0) is 23.4 Å². The Kier molecular flexibility index (Phi) is 3.12. The van der Waals surface area contributed by atoms with E-state index in [1.807, 2.05) is 18.2 Å². The average molecular weight is 291 g/mol. The van der Waals surface area contributed by atoms with Crippen molar-refractivity contribution < 1.29 is 19.7 Å². The molecule has 0 radical (unpaired) electrons. The third-order valence-corrected chi connectivity index (χ3v) is 3.51. The summed E-state index contributed by atoms with van der Waals surface area (Å²) in [6, 6.07) is 5.14. The number of hydrogen-bond acceptors (Lipinski definition) is 3. The van der Waals surface area contributed by atoms with Crippen LogP contribution in [0.2, 0.25) is 5.02 Å². The van der Waals surface area contributed by atoms with E-state index in [1.54, 1.807) is 24.3 Å². The topological polar surface area (TPSA) is 66.8 Å². The molecule has 1 aromatic carbocycles. The van der Waals surface area contributed by atoms with Gasteiger partial charge in [-0.1, -0.05) is 35.9 Å². The lowest BCUT2D eigenvalue weighted by Gasteiger charge is -2.26. The Labute approximate surface area is 119 Å². The summed E-state index contributed by atoms with van der Waals surface area (Å²) >= 11 is 5.96. The van der Waals surface area contributed by atoms with Gasteiger partial charge in [0.1, 0.15) is 11.9 Å². The number of hydrogen-bond donors (Lipinski definition) is 2. The number of fused-ring (bicyclic) bond motifs is 2. The lowest BCUT2D eigenvalue weighted by molar-refractivity contribution is -0.144. The van der Waals surface area contributed by atoms with Crippen molar-refractivity contribution in [2.45, 2.75) is 12.2 Å². The van der Waals surface area contributed by atoms with Gasteiger partial charge in [0.15, 0.2) is 0 Å². The highest BCUT2D eigenvalue weighted by Gasteiger charge is 2.29. The van der Waals surface area contributed by atoms with Crippen LogP contribution < -0.4 is 10.4 Å². The number of benzene rings is 1. The highest BCUT2D eigenvalue weighted by Crippen LogP contribution is 2.22. The van der Waals surface area contributed by atoms with Crippen LogP contribution in [0.15, 0.2) is 42.5 Å². The number of ether oxygens (including phenoxy) is 1. The van der Waals surface area contributed by atoms with Crippen LogP contribution in [0, 0.1) is 0 Å². The second-order valence-corrected chi connectivity index (χ2v) is 4.97. The van der Waals surface area contributed by atoms with Crippen LogP contribution in [0.3, 0.4) is 0 Å². The molecule has 2 N–H and O–H groups in total. The first-order chi connectivity index (χ1) is 9.58. The maximum atomic E-state index is 11.0. The van der Waals surface area contributed by atoms with Crippen LogP contribution in [0.5, 0.6) is 0 Å². The van der Waals surface area contributed by atoms with Gasteiger partial charge in [0.2, 0.25) is 6.10 Å². The fourth-order valence-electron chi connectivity index (χ4n) is 2.36. The summed E-state index contributed by atoms with van der Waals surface area (Å²) in [5.74, 6) is -1.34. The Morgan fingerprint density at radius 1 is 1.30 bits per heavy atom. The van der Waals surface area contributed by atoms with Gasteiger partial charge in [-0.15, -0.1) is 0 Å². The molecule has 102 valence electrons. The van der Waals surface area contributed by atoms with Crippen molar-refractivity contribution in [1.82, 2.24) is 0 Å². The maximum absolute atomic E-state index is 11.0. The molecule has 0 bridgehead atoms. The first-order valence-corrected chi connectivity index (χ1v) is 6.42. The summed E-state index contributed by atoms with van der Waals surface area (Å²) in [6.45, 7) is 0. The normalized spacial score (nSPS) is 21.0. The molecule has 1 aromatic rings. The number of aliphatic hydroxyl groups is 1. The number of halogens is 1. The Balaban J connectivity index is 2.37. The predicted molar refractivity (Wildman–Crippen MR) is 74.3 cm³/mol. The molecular weight excluding hydrogens is 280 g/mol. The number of carboxylic acids is 1. The molecule has 0 spiro atoms. The summed E-state index contributed by atoms with van der Waals surface area (Å²) in [6.07, 6.45) is 5.31. The van der Waals surface area contributed by atoms with E-state index in [4.69, 9.17) is 21.4 Å². The van der Waals surface area contributed by atoms with E-state index < -0.39 is 18.2 Å². The molecule has 2 atom stereocenters. The average Bonchev–Trinajstić information content (AvgIpc) is 2.45. The van der Waals surface area contributed by atoms with E-state index in [9.17, 15) is 9.90 Å². The zero-order chi connectivity index (χ0) is 14.3. The second kappa shape index (κ2) is 4.81. The quantitative estimate of drug-likeness (QED) is 0.836. The molecule has 0 saturated carbocycles. The molecular formula is C15H11ClO4. The van der Waals surface area contributed by atoms with Gasteiger partial charge in [0, 0.05) is 15.8 Å². The molecule has 1 aliphatic heterocycles. The van der Waals surface area contributed by atoms with Crippen LogP contribution in [0.25, 0.3) is 11.3 Å². The minimum Gasteiger partial charge on any atom is -0.482 e. The van der Waals surface area contributed by atoms with Crippen LogP contribution in [-0.2, 0) is 9.53 Å². The molecule has 0 amide bonds. The zero-order valence-corrected chi connectivity index (χ0v) is 11.0. The summed E-state index contributed by atoms with van der Waals surface area (Å²) in [5.41, 5.74) is 0.917. The zero-order valence-electron chi connectivity index (χ0n) is 10.3. The first kappa shape index (κ1) is 13.0. The Morgan fingerprint density at radius 2 is 2.10 bits per heavy atom. The summed E-state index contributed by atoms with van der Waals surface area (Å²) in [5, 5.41) is 20.6. The molecule has 1 heterocycles. The van der Waals surface area contributed by atoms with Crippen LogP contribution in [0.1, 0.15) is 0 Å². The van der Waals surface area contributed by atoms with Crippen molar-refractivity contribution in [3.05, 3.63) is 58.0 Å². The van der Waals surface area contributed by atoms with Gasteiger partial charge in [-0.3, -0.25) is 0 Å². The predicted octanol–water partition coefficient (Wildman–Crippen LogP) is 0.569. The van der Waals surface area contributed by atoms with Crippen LogP contribution in [-0.4, -0.2) is 28.4 Å². The number of aliphatic carboxylic acids is 1. The number of carbonyl (C=O) groups is 1. The lowest BCUT2D eigenvalue weighted by atomic mass is 9.97. The van der Waals surface area contributed by atoms with E-state index >= 15 is 0 Å². The highest BCUT2D eigenvalue weighted by atomic mass is 35.5. The summed E-state index contributed by atoms with van der Waals surface area (Å²) < 4.78 is 5.65. The fraction of sp³-hybridized carbons (Fsp3) is 0.133. The molecule has 2 unspecified atom stereocenters. The second-order valence-electron chi connectivity index (χ2n) is 4.53. The molecule has 2 aliphatic rings. The van der Waals surface area contributed by atoms with E-state index in [2.05, 4.69) is 0 Å². The van der Waals surface area contributed by atoms with Gasteiger partial charge in [0.25, 0.3) is 0 Å². The number of carboxylic acid groups (broad SMARTS) is 1. The Hall–Kier alpha value is -2.04. The van der Waals surface area contributed by atoms with Crippen LogP contribution >= 0.6 is 11.6 Å². The van der Waals surface area contributed by atoms with E-state index in [0.29, 0.717) is 10.2 Å². The molecule has 0 fully saturated rings.